The molecule has 27 heavy (non-hydrogen) atoms. The van der Waals surface area contributed by atoms with Gasteiger partial charge < -0.3 is 19.6 Å². The Morgan fingerprint density at radius 2 is 1.56 bits per heavy atom. The normalized spacial score (nSPS) is 30.3. The van der Waals surface area contributed by atoms with Crippen molar-refractivity contribution in [1.29, 1.82) is 0 Å². The third-order valence-corrected chi connectivity index (χ3v) is 6.81. The average Bonchev–Trinajstić information content (AvgIpc) is 2.73. The summed E-state index contributed by atoms with van der Waals surface area (Å²) < 4.78 is 5.45. The van der Waals surface area contributed by atoms with Gasteiger partial charge in [-0.15, -0.1) is 0 Å². The molecule has 1 aromatic rings. The number of carbonyl (C=O) groups excluding carboxylic acids is 1. The number of nitrogens with zero attached hydrogens (tertiary/aromatic N) is 2. The van der Waals surface area contributed by atoms with E-state index in [1.807, 2.05) is 29.2 Å². The van der Waals surface area contributed by atoms with Crippen molar-refractivity contribution >= 4 is 17.6 Å². The first kappa shape index (κ1) is 18.1. The molecule has 1 aliphatic heterocycles. The van der Waals surface area contributed by atoms with Crippen LogP contribution in [0, 0.1) is 23.7 Å². The lowest BCUT2D eigenvalue weighted by Gasteiger charge is -2.48. The highest BCUT2D eigenvalue weighted by atomic mass is 16.5. The van der Waals surface area contributed by atoms with Gasteiger partial charge in [-0.3, -0.25) is 9.59 Å². The number of ether oxygens (including phenoxy) is 1. The molecular formula is C21H28N2O4. The Hall–Kier alpha value is -2.24. The maximum atomic E-state index is 13.2. The topological polar surface area (TPSA) is 70.1 Å². The first-order valence-electron chi connectivity index (χ1n) is 9.99. The molecule has 1 N–H and O–H groups in total. The van der Waals surface area contributed by atoms with E-state index in [1.54, 1.807) is 7.11 Å². The van der Waals surface area contributed by atoms with E-state index < -0.39 is 11.9 Å². The van der Waals surface area contributed by atoms with E-state index in [0.717, 1.165) is 50.2 Å². The zero-order valence-corrected chi connectivity index (χ0v) is 15.8. The first-order valence-corrected chi connectivity index (χ1v) is 9.99. The molecule has 1 amide bonds. The molecule has 6 nitrogen and oxygen atoms in total. The van der Waals surface area contributed by atoms with Gasteiger partial charge in [-0.2, -0.15) is 0 Å². The minimum absolute atomic E-state index is 0.0662. The third kappa shape index (κ3) is 3.26. The fourth-order valence-electron chi connectivity index (χ4n) is 5.43. The number of fused-ring (bicyclic) bond motifs is 3. The van der Waals surface area contributed by atoms with Gasteiger partial charge in [-0.25, -0.2) is 0 Å². The van der Waals surface area contributed by atoms with Crippen molar-refractivity contribution < 1.29 is 19.4 Å². The lowest BCUT2D eigenvalue weighted by atomic mass is 9.58. The molecule has 4 fully saturated rings. The predicted octanol–water partition coefficient (Wildman–Crippen LogP) is 2.48. The van der Waals surface area contributed by atoms with Crippen LogP contribution < -0.4 is 9.64 Å². The highest BCUT2D eigenvalue weighted by Crippen LogP contribution is 2.49. The van der Waals surface area contributed by atoms with Crippen LogP contribution in [0.4, 0.5) is 5.69 Å². The first-order chi connectivity index (χ1) is 13.1. The molecule has 146 valence electrons. The number of aliphatic carboxylic acids is 1. The quantitative estimate of drug-likeness (QED) is 0.879. The van der Waals surface area contributed by atoms with Gasteiger partial charge in [-0.05, 0) is 49.7 Å². The number of piperazine rings is 1. The van der Waals surface area contributed by atoms with Gasteiger partial charge in [0.2, 0.25) is 5.91 Å². The Kier molecular flexibility index (Phi) is 4.98. The molecule has 1 heterocycles. The number of amides is 1. The molecule has 4 aliphatic rings. The lowest BCUT2D eigenvalue weighted by Crippen LogP contribution is -2.56. The standard InChI is InChI=1S/C21H28N2O4/c1-27-17-5-3-2-4-16(17)22-10-12-23(13-11-22)20(24)18-14-6-8-15(9-7-14)19(18)21(25)26/h2-5,14-15,18-19H,6-13H2,1H3,(H,25,26)/t14?,15?,18-,19+/m0/s1. The number of methoxy groups -OCH3 is 1. The number of carboxylic acids is 1. The molecule has 2 bridgehead atoms. The van der Waals surface area contributed by atoms with Gasteiger partial charge >= 0.3 is 5.97 Å². The third-order valence-electron chi connectivity index (χ3n) is 6.81. The van der Waals surface area contributed by atoms with Gasteiger partial charge in [0, 0.05) is 26.2 Å². The molecule has 3 saturated carbocycles. The fourth-order valence-corrected chi connectivity index (χ4v) is 5.43. The van der Waals surface area contributed by atoms with Gasteiger partial charge in [0.05, 0.1) is 24.6 Å². The van der Waals surface area contributed by atoms with Gasteiger partial charge in [0.15, 0.2) is 0 Å². The second kappa shape index (κ2) is 7.41. The van der Waals surface area contributed by atoms with Crippen LogP contribution in [0.25, 0.3) is 0 Å². The molecule has 1 saturated heterocycles. The average molecular weight is 372 g/mol. The number of carbonyl (C=O) groups is 2. The molecule has 0 aromatic heterocycles. The number of para-hydroxylation sites is 2. The molecule has 0 spiro atoms. The summed E-state index contributed by atoms with van der Waals surface area (Å²) in [5.41, 5.74) is 1.05. The fraction of sp³-hybridized carbons (Fsp3) is 0.619. The Bertz CT molecular complexity index is 706. The SMILES string of the molecule is COc1ccccc1N1CCN(C(=O)[C@H]2C3CCC(CC3)[C@H]2C(=O)O)CC1. The van der Waals surface area contributed by atoms with Crippen molar-refractivity contribution in [3.05, 3.63) is 24.3 Å². The molecule has 3 aliphatic carbocycles. The maximum Gasteiger partial charge on any atom is 0.307 e. The Labute approximate surface area is 160 Å². The second-order valence-electron chi connectivity index (χ2n) is 8.05. The number of rotatable bonds is 4. The molecule has 6 heteroatoms. The molecular weight excluding hydrogens is 344 g/mol. The second-order valence-corrected chi connectivity index (χ2v) is 8.05. The van der Waals surface area contributed by atoms with Crippen LogP contribution in [0.5, 0.6) is 5.75 Å². The van der Waals surface area contributed by atoms with E-state index in [4.69, 9.17) is 4.74 Å². The van der Waals surface area contributed by atoms with Crippen LogP contribution in [0.15, 0.2) is 24.3 Å². The number of carboxylic acid groups (broad SMARTS) is 1. The largest absolute Gasteiger partial charge is 0.495 e. The lowest BCUT2D eigenvalue weighted by molar-refractivity contribution is -0.162. The summed E-state index contributed by atoms with van der Waals surface area (Å²) in [4.78, 5) is 29.2. The van der Waals surface area contributed by atoms with Crippen LogP contribution in [0.2, 0.25) is 0 Å². The Balaban J connectivity index is 1.45. The van der Waals surface area contributed by atoms with E-state index in [9.17, 15) is 14.7 Å². The molecule has 0 radical (unpaired) electrons. The summed E-state index contributed by atoms with van der Waals surface area (Å²) in [6.45, 7) is 2.75. The zero-order chi connectivity index (χ0) is 19.0. The highest BCUT2D eigenvalue weighted by molar-refractivity contribution is 5.86. The van der Waals surface area contributed by atoms with Crippen molar-refractivity contribution in [1.82, 2.24) is 4.90 Å². The van der Waals surface area contributed by atoms with E-state index in [2.05, 4.69) is 4.90 Å². The van der Waals surface area contributed by atoms with E-state index >= 15 is 0 Å². The van der Waals surface area contributed by atoms with Crippen molar-refractivity contribution in [2.75, 3.05) is 38.2 Å². The van der Waals surface area contributed by atoms with Crippen molar-refractivity contribution in [3.8, 4) is 5.75 Å². The summed E-state index contributed by atoms with van der Waals surface area (Å²) in [5.74, 6) is -0.267. The number of benzene rings is 1. The summed E-state index contributed by atoms with van der Waals surface area (Å²) in [6.07, 6.45) is 3.94. The van der Waals surface area contributed by atoms with E-state index in [1.165, 1.54) is 0 Å². The molecule has 5 rings (SSSR count). The van der Waals surface area contributed by atoms with Crippen LogP contribution in [-0.4, -0.2) is 55.2 Å². The Morgan fingerprint density at radius 1 is 0.963 bits per heavy atom. The summed E-state index contributed by atoms with van der Waals surface area (Å²) in [7, 11) is 1.67. The Morgan fingerprint density at radius 3 is 2.15 bits per heavy atom. The van der Waals surface area contributed by atoms with E-state index in [0.29, 0.717) is 13.1 Å². The van der Waals surface area contributed by atoms with Crippen molar-refractivity contribution in [2.24, 2.45) is 23.7 Å². The number of hydrogen-bond donors (Lipinski definition) is 1. The maximum absolute atomic E-state index is 13.2. The van der Waals surface area contributed by atoms with Crippen LogP contribution in [-0.2, 0) is 9.59 Å². The highest BCUT2D eigenvalue weighted by Gasteiger charge is 2.51. The van der Waals surface area contributed by atoms with Gasteiger partial charge in [0.25, 0.3) is 0 Å². The molecule has 0 unspecified atom stereocenters. The molecule has 1 aromatic carbocycles. The van der Waals surface area contributed by atoms with Crippen LogP contribution >= 0.6 is 0 Å². The number of hydrogen-bond acceptors (Lipinski definition) is 4. The minimum atomic E-state index is -0.782. The summed E-state index contributed by atoms with van der Waals surface area (Å²) in [5, 5.41) is 9.73. The van der Waals surface area contributed by atoms with Crippen LogP contribution in [0.1, 0.15) is 25.7 Å². The molecule has 2 atom stereocenters. The summed E-state index contributed by atoms with van der Waals surface area (Å²) >= 11 is 0. The van der Waals surface area contributed by atoms with Crippen LogP contribution in [0.3, 0.4) is 0 Å². The van der Waals surface area contributed by atoms with Gasteiger partial charge in [0.1, 0.15) is 5.75 Å². The van der Waals surface area contributed by atoms with Crippen molar-refractivity contribution in [3.63, 3.8) is 0 Å². The van der Waals surface area contributed by atoms with Crippen molar-refractivity contribution in [2.45, 2.75) is 25.7 Å². The zero-order valence-electron chi connectivity index (χ0n) is 15.8. The smallest absolute Gasteiger partial charge is 0.307 e. The van der Waals surface area contributed by atoms with E-state index in [-0.39, 0.29) is 23.7 Å². The monoisotopic (exact) mass is 372 g/mol. The number of anilines is 1. The predicted molar refractivity (Wildman–Crippen MR) is 102 cm³/mol. The van der Waals surface area contributed by atoms with Gasteiger partial charge in [-0.1, -0.05) is 12.1 Å². The minimum Gasteiger partial charge on any atom is -0.495 e. The summed E-state index contributed by atoms with van der Waals surface area (Å²) in [6, 6.07) is 7.93.